The minimum atomic E-state index is -0.676. The van der Waals surface area contributed by atoms with Crippen molar-refractivity contribution in [3.63, 3.8) is 0 Å². The highest BCUT2D eigenvalue weighted by molar-refractivity contribution is 6.07. The van der Waals surface area contributed by atoms with Gasteiger partial charge in [-0.05, 0) is 77.4 Å². The summed E-state index contributed by atoms with van der Waals surface area (Å²) in [6.07, 6.45) is 3.87. The van der Waals surface area contributed by atoms with Crippen molar-refractivity contribution in [2.75, 3.05) is 33.9 Å². The molecule has 12 nitrogen and oxygen atoms in total. The lowest BCUT2D eigenvalue weighted by molar-refractivity contribution is -0.135. The number of aromatic nitrogens is 4. The van der Waals surface area contributed by atoms with Crippen LogP contribution in [-0.4, -0.2) is 76.8 Å². The number of fused-ring (bicyclic) bond motifs is 6. The zero-order valence-electron chi connectivity index (χ0n) is 28.8. The summed E-state index contributed by atoms with van der Waals surface area (Å²) in [5, 5.41) is 8.52. The third kappa shape index (κ3) is 5.75. The first kappa shape index (κ1) is 32.3. The monoisotopic (exact) mass is 677 g/mol. The molecule has 5 aromatic rings. The van der Waals surface area contributed by atoms with Gasteiger partial charge in [-0.3, -0.25) is 4.79 Å². The van der Waals surface area contributed by atoms with Crippen molar-refractivity contribution in [3.8, 4) is 28.1 Å². The molecular weight excluding hydrogens is 634 g/mol. The molecule has 2 aromatic heterocycles. The van der Waals surface area contributed by atoms with E-state index in [1.54, 1.807) is 7.11 Å². The smallest absolute Gasteiger partial charge is 0.407 e. The second kappa shape index (κ2) is 13.1. The van der Waals surface area contributed by atoms with Crippen molar-refractivity contribution >= 4 is 33.8 Å². The van der Waals surface area contributed by atoms with Gasteiger partial charge >= 0.3 is 6.09 Å². The zero-order chi connectivity index (χ0) is 34.5. The number of H-pyrrole nitrogens is 2. The van der Waals surface area contributed by atoms with Gasteiger partial charge in [-0.25, -0.2) is 14.8 Å². The Morgan fingerprint density at radius 3 is 2.78 bits per heavy atom. The van der Waals surface area contributed by atoms with Gasteiger partial charge in [0.1, 0.15) is 30.0 Å². The number of imidazole rings is 2. The lowest BCUT2D eigenvalue weighted by Gasteiger charge is -2.30. The SMILES string of the molecule is COC[C@@H]1CN[C@H](c2nc3ccc4cc5c(cc4c3[nH]2)OCc2cc(-c3cnc([C@@H]4CCCN4C(=O)[C@@H](NC(=O)OC)C(C)C)[nH]3)ccc2-5)C1. The average Bonchev–Trinajstić information content (AvgIpc) is 3.95. The number of hydrogen-bond donors (Lipinski definition) is 4. The number of likely N-dealkylation sites (tertiary alicyclic amines) is 1. The molecule has 4 N–H and O–H groups in total. The van der Waals surface area contributed by atoms with Crippen molar-refractivity contribution in [1.82, 2.24) is 35.5 Å². The van der Waals surface area contributed by atoms with E-state index in [1.165, 1.54) is 7.11 Å². The zero-order valence-corrected chi connectivity index (χ0v) is 28.8. The number of nitrogens with zero attached hydrogens (tertiary/aromatic N) is 3. The van der Waals surface area contributed by atoms with Gasteiger partial charge in [-0.1, -0.05) is 32.0 Å². The van der Waals surface area contributed by atoms with Crippen molar-refractivity contribution in [1.29, 1.82) is 0 Å². The topological polar surface area (TPSA) is 146 Å². The molecule has 0 spiro atoms. The number of carbonyl (C=O) groups is 2. The number of ether oxygens (including phenoxy) is 3. The van der Waals surface area contributed by atoms with Gasteiger partial charge in [0.25, 0.3) is 0 Å². The normalized spacial score (nSPS) is 20.6. The summed E-state index contributed by atoms with van der Waals surface area (Å²) in [5.74, 6) is 2.83. The Morgan fingerprint density at radius 1 is 1.08 bits per heavy atom. The van der Waals surface area contributed by atoms with Gasteiger partial charge in [-0.15, -0.1) is 0 Å². The van der Waals surface area contributed by atoms with Crippen LogP contribution in [0.4, 0.5) is 4.79 Å². The van der Waals surface area contributed by atoms with Crippen molar-refractivity contribution in [3.05, 3.63) is 65.9 Å². The van der Waals surface area contributed by atoms with Crippen molar-refractivity contribution < 1.29 is 23.8 Å². The molecule has 2 saturated heterocycles. The van der Waals surface area contributed by atoms with Gasteiger partial charge in [0.2, 0.25) is 5.91 Å². The lowest BCUT2D eigenvalue weighted by Crippen LogP contribution is -2.51. The first-order valence-corrected chi connectivity index (χ1v) is 17.5. The fourth-order valence-corrected chi connectivity index (χ4v) is 7.87. The molecule has 8 rings (SSSR count). The van der Waals surface area contributed by atoms with E-state index < -0.39 is 12.1 Å². The van der Waals surface area contributed by atoms with Crippen molar-refractivity contribution in [2.45, 2.75) is 57.8 Å². The van der Waals surface area contributed by atoms with E-state index in [1.807, 2.05) is 24.9 Å². The van der Waals surface area contributed by atoms with Crippen LogP contribution in [0.1, 0.15) is 62.4 Å². The summed E-state index contributed by atoms with van der Waals surface area (Å²) in [4.78, 5) is 44.2. The molecule has 2 fully saturated rings. The fraction of sp³-hybridized carbons (Fsp3) is 0.421. The molecule has 0 unspecified atom stereocenters. The molecular formula is C38H43N7O5. The summed E-state index contributed by atoms with van der Waals surface area (Å²) in [7, 11) is 3.05. The third-order valence-corrected chi connectivity index (χ3v) is 10.5. The molecule has 260 valence electrons. The van der Waals surface area contributed by atoms with E-state index in [4.69, 9.17) is 24.2 Å². The van der Waals surface area contributed by atoms with Crippen LogP contribution in [0.2, 0.25) is 0 Å². The van der Waals surface area contributed by atoms with Crippen LogP contribution in [0.3, 0.4) is 0 Å². The number of rotatable bonds is 8. The van der Waals surface area contributed by atoms with Gasteiger partial charge in [-0.2, -0.15) is 0 Å². The molecule has 4 atom stereocenters. The van der Waals surface area contributed by atoms with Crippen LogP contribution in [0.5, 0.6) is 5.75 Å². The molecule has 12 heteroatoms. The Morgan fingerprint density at radius 2 is 1.96 bits per heavy atom. The molecule has 3 aromatic carbocycles. The minimum Gasteiger partial charge on any atom is -0.488 e. The molecule has 0 aliphatic carbocycles. The molecule has 0 bridgehead atoms. The van der Waals surface area contributed by atoms with Crippen LogP contribution >= 0.6 is 0 Å². The summed E-state index contributed by atoms with van der Waals surface area (Å²) in [6, 6.07) is 14.3. The summed E-state index contributed by atoms with van der Waals surface area (Å²) in [5.41, 5.74) is 7.16. The van der Waals surface area contributed by atoms with Gasteiger partial charge in [0.05, 0.1) is 48.7 Å². The predicted octanol–water partition coefficient (Wildman–Crippen LogP) is 6.01. The van der Waals surface area contributed by atoms with Crippen LogP contribution in [-0.2, 0) is 20.9 Å². The Hall–Kier alpha value is -4.94. The first-order valence-electron chi connectivity index (χ1n) is 17.5. The largest absolute Gasteiger partial charge is 0.488 e. The lowest BCUT2D eigenvalue weighted by atomic mass is 9.92. The van der Waals surface area contributed by atoms with Crippen LogP contribution in [0.15, 0.2) is 48.7 Å². The second-order valence-corrected chi connectivity index (χ2v) is 14.1. The molecule has 3 aliphatic heterocycles. The summed E-state index contributed by atoms with van der Waals surface area (Å²) >= 11 is 0. The molecule has 0 radical (unpaired) electrons. The van der Waals surface area contributed by atoms with E-state index in [0.717, 1.165) is 99.6 Å². The van der Waals surface area contributed by atoms with Crippen LogP contribution in [0.25, 0.3) is 44.2 Å². The van der Waals surface area contributed by atoms with Gasteiger partial charge in [0, 0.05) is 31.1 Å². The van der Waals surface area contributed by atoms with E-state index in [0.29, 0.717) is 19.1 Å². The third-order valence-electron chi connectivity index (χ3n) is 10.5. The molecule has 2 amide bonds. The van der Waals surface area contributed by atoms with Crippen molar-refractivity contribution in [2.24, 2.45) is 11.8 Å². The quantitative estimate of drug-likeness (QED) is 0.156. The minimum absolute atomic E-state index is 0.0934. The molecule has 0 saturated carbocycles. The predicted molar refractivity (Wildman–Crippen MR) is 190 cm³/mol. The van der Waals surface area contributed by atoms with Gasteiger partial charge in [0.15, 0.2) is 0 Å². The highest BCUT2D eigenvalue weighted by atomic mass is 16.5. The summed E-state index contributed by atoms with van der Waals surface area (Å²) < 4.78 is 16.5. The maximum Gasteiger partial charge on any atom is 0.407 e. The number of methoxy groups -OCH3 is 2. The van der Waals surface area contributed by atoms with Crippen LogP contribution < -0.4 is 15.4 Å². The maximum absolute atomic E-state index is 13.6. The standard InChI is InChI=1S/C38H43N7O5/c1-20(2)33(44-38(47)49-4)37(46)45-11-5-6-31(45)36-40-17-30(42-36)23-7-9-25-24(13-23)19-50-32-15-26-22(14-27(25)32)8-10-28-34(26)43-35(41-28)29-12-21(16-39-29)18-48-3/h7-10,13-15,17,20-21,29,31,33,39H,5-6,11-12,16,18-19H2,1-4H3,(H,40,42)(H,41,43)(H,44,47)/t21-,29-,31-,33-/m0/s1. The first-order chi connectivity index (χ1) is 24.3. The Balaban J connectivity index is 1.04. The Bertz CT molecular complexity index is 2090. The van der Waals surface area contributed by atoms with E-state index in [9.17, 15) is 9.59 Å². The average molecular weight is 678 g/mol. The fourth-order valence-electron chi connectivity index (χ4n) is 7.87. The Labute approximate surface area is 290 Å². The number of aromatic amines is 2. The Kier molecular flexibility index (Phi) is 8.44. The number of alkyl carbamates (subject to hydrolysis) is 1. The molecule has 50 heavy (non-hydrogen) atoms. The van der Waals surface area contributed by atoms with E-state index in [2.05, 4.69) is 63.1 Å². The molecule has 5 heterocycles. The maximum atomic E-state index is 13.6. The number of nitrogens with one attached hydrogen (secondary N) is 4. The number of benzene rings is 3. The van der Waals surface area contributed by atoms with E-state index in [-0.39, 0.29) is 23.9 Å². The number of carbonyl (C=O) groups excluding carboxylic acids is 2. The summed E-state index contributed by atoms with van der Waals surface area (Å²) in [6.45, 7) is 6.56. The van der Waals surface area contributed by atoms with Gasteiger partial charge < -0.3 is 39.7 Å². The second-order valence-electron chi connectivity index (χ2n) is 14.1. The van der Waals surface area contributed by atoms with E-state index >= 15 is 0 Å². The van der Waals surface area contributed by atoms with Crippen LogP contribution in [0, 0.1) is 11.8 Å². The number of hydrogen-bond acceptors (Lipinski definition) is 8. The highest BCUT2D eigenvalue weighted by Gasteiger charge is 2.37. The molecule has 3 aliphatic rings. The number of amides is 2. The highest BCUT2D eigenvalue weighted by Crippen LogP contribution is 2.43.